The average molecular weight is 302 g/mol. The number of urea groups is 2. The van der Waals surface area contributed by atoms with Crippen LogP contribution in [0.3, 0.4) is 0 Å². The molecule has 2 aromatic rings. The van der Waals surface area contributed by atoms with Crippen LogP contribution >= 0.6 is 0 Å². The van der Waals surface area contributed by atoms with Gasteiger partial charge in [-0.1, -0.05) is 6.07 Å². The molecule has 4 amide bonds. The fraction of sp³-hybridized carbons (Fsp3) is 0.333. The molecule has 116 valence electrons. The van der Waals surface area contributed by atoms with Crippen LogP contribution in [0.1, 0.15) is 11.7 Å². The molecular formula is C15H18N4O3. The summed E-state index contributed by atoms with van der Waals surface area (Å²) in [6, 6.07) is 6.74. The molecule has 1 aromatic carbocycles. The number of carbonyl (C=O) groups is 2. The molecule has 0 bridgehead atoms. The van der Waals surface area contributed by atoms with Crippen molar-refractivity contribution in [2.24, 2.45) is 7.05 Å². The van der Waals surface area contributed by atoms with Crippen LogP contribution in [-0.4, -0.2) is 46.3 Å². The van der Waals surface area contributed by atoms with Crippen LogP contribution in [0, 0.1) is 0 Å². The molecule has 0 aliphatic carbocycles. The first-order valence-corrected chi connectivity index (χ1v) is 7.12. The van der Waals surface area contributed by atoms with E-state index in [9.17, 15) is 14.7 Å². The lowest BCUT2D eigenvalue weighted by Gasteiger charge is -2.16. The van der Waals surface area contributed by atoms with Gasteiger partial charge in [0.25, 0.3) is 0 Å². The third kappa shape index (κ3) is 2.62. The Labute approximate surface area is 127 Å². The van der Waals surface area contributed by atoms with E-state index in [2.05, 4.69) is 10.6 Å². The SMILES string of the molecule is Cn1ccc2cc([C@@H](O)CNC(=O)N3CCNC3=O)ccc21. The Kier molecular flexibility index (Phi) is 3.72. The van der Waals surface area contributed by atoms with Gasteiger partial charge in [0.1, 0.15) is 0 Å². The van der Waals surface area contributed by atoms with E-state index in [-0.39, 0.29) is 6.54 Å². The highest BCUT2D eigenvalue weighted by Gasteiger charge is 2.26. The smallest absolute Gasteiger partial charge is 0.325 e. The summed E-state index contributed by atoms with van der Waals surface area (Å²) in [5.74, 6) is 0. The maximum atomic E-state index is 11.8. The van der Waals surface area contributed by atoms with E-state index >= 15 is 0 Å². The van der Waals surface area contributed by atoms with Crippen molar-refractivity contribution in [3.8, 4) is 0 Å². The topological polar surface area (TPSA) is 86.6 Å². The number of nitrogens with zero attached hydrogens (tertiary/aromatic N) is 2. The predicted molar refractivity (Wildman–Crippen MR) is 81.4 cm³/mol. The number of aliphatic hydroxyl groups is 1. The summed E-state index contributed by atoms with van der Waals surface area (Å²) in [4.78, 5) is 24.3. The minimum absolute atomic E-state index is 0.0565. The zero-order valence-corrected chi connectivity index (χ0v) is 12.2. The molecule has 1 atom stereocenters. The highest BCUT2D eigenvalue weighted by atomic mass is 16.3. The molecule has 0 saturated carbocycles. The Morgan fingerprint density at radius 1 is 1.45 bits per heavy atom. The molecule has 0 unspecified atom stereocenters. The second kappa shape index (κ2) is 5.69. The lowest BCUT2D eigenvalue weighted by Crippen LogP contribution is -2.43. The second-order valence-corrected chi connectivity index (χ2v) is 5.33. The molecule has 0 spiro atoms. The van der Waals surface area contributed by atoms with Crippen molar-refractivity contribution in [2.75, 3.05) is 19.6 Å². The van der Waals surface area contributed by atoms with Gasteiger partial charge in [-0.05, 0) is 29.1 Å². The number of aryl methyl sites for hydroxylation is 1. The molecule has 22 heavy (non-hydrogen) atoms. The zero-order chi connectivity index (χ0) is 15.7. The van der Waals surface area contributed by atoms with Crippen LogP contribution in [0.25, 0.3) is 10.9 Å². The van der Waals surface area contributed by atoms with E-state index in [1.165, 1.54) is 0 Å². The van der Waals surface area contributed by atoms with Gasteiger partial charge in [0.05, 0.1) is 6.10 Å². The van der Waals surface area contributed by atoms with E-state index < -0.39 is 18.2 Å². The Bertz CT molecular complexity index is 725. The normalized spacial score (nSPS) is 15.9. The molecular weight excluding hydrogens is 284 g/mol. The quantitative estimate of drug-likeness (QED) is 0.789. The summed E-state index contributed by atoms with van der Waals surface area (Å²) in [6.45, 7) is 0.858. The second-order valence-electron chi connectivity index (χ2n) is 5.33. The number of hydrogen-bond acceptors (Lipinski definition) is 3. The minimum atomic E-state index is -0.820. The first kappa shape index (κ1) is 14.4. The maximum absolute atomic E-state index is 11.8. The average Bonchev–Trinajstić information content (AvgIpc) is 3.10. The number of aromatic nitrogens is 1. The van der Waals surface area contributed by atoms with Crippen LogP contribution < -0.4 is 10.6 Å². The summed E-state index contributed by atoms with van der Waals surface area (Å²) in [5.41, 5.74) is 1.80. The number of nitrogens with one attached hydrogen (secondary N) is 2. The first-order valence-electron chi connectivity index (χ1n) is 7.12. The number of imide groups is 1. The van der Waals surface area contributed by atoms with Crippen LogP contribution in [-0.2, 0) is 7.05 Å². The summed E-state index contributed by atoms with van der Waals surface area (Å²) in [6.07, 6.45) is 1.13. The molecule has 1 aromatic heterocycles. The predicted octanol–water partition coefficient (Wildman–Crippen LogP) is 0.946. The van der Waals surface area contributed by atoms with Crippen molar-refractivity contribution >= 4 is 23.0 Å². The van der Waals surface area contributed by atoms with Crippen molar-refractivity contribution in [3.63, 3.8) is 0 Å². The number of fused-ring (bicyclic) bond motifs is 1. The van der Waals surface area contributed by atoms with Crippen LogP contribution in [0.4, 0.5) is 9.59 Å². The molecule has 7 nitrogen and oxygen atoms in total. The summed E-state index contributed by atoms with van der Waals surface area (Å²) in [5, 5.41) is 16.4. The van der Waals surface area contributed by atoms with E-state index in [0.29, 0.717) is 13.1 Å². The van der Waals surface area contributed by atoms with E-state index in [1.54, 1.807) is 0 Å². The number of rotatable bonds is 3. The van der Waals surface area contributed by atoms with Gasteiger partial charge in [-0.15, -0.1) is 0 Å². The van der Waals surface area contributed by atoms with Gasteiger partial charge in [-0.2, -0.15) is 0 Å². The largest absolute Gasteiger partial charge is 0.387 e. The fourth-order valence-electron chi connectivity index (χ4n) is 2.57. The summed E-state index contributed by atoms with van der Waals surface area (Å²) < 4.78 is 2.00. The number of aliphatic hydroxyl groups excluding tert-OH is 1. The van der Waals surface area contributed by atoms with Crippen molar-refractivity contribution in [1.82, 2.24) is 20.1 Å². The van der Waals surface area contributed by atoms with Crippen LogP contribution in [0.15, 0.2) is 30.5 Å². The summed E-state index contributed by atoms with van der Waals surface area (Å²) in [7, 11) is 1.96. The van der Waals surface area contributed by atoms with E-state index in [1.807, 2.05) is 42.1 Å². The molecule has 1 saturated heterocycles. The molecule has 1 aliphatic rings. The first-order chi connectivity index (χ1) is 10.6. The molecule has 3 rings (SSSR count). The third-order valence-electron chi connectivity index (χ3n) is 3.84. The Morgan fingerprint density at radius 2 is 2.27 bits per heavy atom. The minimum Gasteiger partial charge on any atom is -0.387 e. The van der Waals surface area contributed by atoms with Gasteiger partial charge in [-0.25, -0.2) is 14.5 Å². The number of carbonyl (C=O) groups excluding carboxylic acids is 2. The van der Waals surface area contributed by atoms with Gasteiger partial charge in [-0.3, -0.25) is 0 Å². The Hall–Kier alpha value is -2.54. The highest BCUT2D eigenvalue weighted by molar-refractivity contribution is 5.94. The monoisotopic (exact) mass is 302 g/mol. The zero-order valence-electron chi connectivity index (χ0n) is 12.2. The molecule has 0 radical (unpaired) electrons. The highest BCUT2D eigenvalue weighted by Crippen LogP contribution is 2.20. The number of benzene rings is 1. The van der Waals surface area contributed by atoms with Crippen molar-refractivity contribution in [1.29, 1.82) is 0 Å². The lowest BCUT2D eigenvalue weighted by atomic mass is 10.1. The van der Waals surface area contributed by atoms with Gasteiger partial charge >= 0.3 is 12.1 Å². The van der Waals surface area contributed by atoms with Crippen molar-refractivity contribution in [2.45, 2.75) is 6.10 Å². The van der Waals surface area contributed by atoms with Crippen molar-refractivity contribution in [3.05, 3.63) is 36.0 Å². The lowest BCUT2D eigenvalue weighted by molar-refractivity contribution is 0.165. The maximum Gasteiger partial charge on any atom is 0.325 e. The van der Waals surface area contributed by atoms with Gasteiger partial charge in [0.15, 0.2) is 0 Å². The number of hydrogen-bond donors (Lipinski definition) is 3. The molecule has 3 N–H and O–H groups in total. The molecule has 7 heteroatoms. The van der Waals surface area contributed by atoms with Crippen LogP contribution in [0.5, 0.6) is 0 Å². The van der Waals surface area contributed by atoms with Crippen molar-refractivity contribution < 1.29 is 14.7 Å². The standard InChI is InChI=1S/C15H18N4O3/c1-18-6-4-10-8-11(2-3-12(10)18)13(20)9-17-15(22)19-7-5-16-14(19)21/h2-4,6,8,13,20H,5,7,9H2,1H3,(H,16,21)(H,17,22)/t13-/m0/s1. The Morgan fingerprint density at radius 3 is 3.00 bits per heavy atom. The van der Waals surface area contributed by atoms with E-state index in [0.717, 1.165) is 21.4 Å². The van der Waals surface area contributed by atoms with Gasteiger partial charge in [0.2, 0.25) is 0 Å². The molecule has 1 aliphatic heterocycles. The number of amides is 4. The fourth-order valence-corrected chi connectivity index (χ4v) is 2.57. The Balaban J connectivity index is 1.64. The molecule has 2 heterocycles. The van der Waals surface area contributed by atoms with Crippen LogP contribution in [0.2, 0.25) is 0 Å². The summed E-state index contributed by atoms with van der Waals surface area (Å²) >= 11 is 0. The third-order valence-corrected chi connectivity index (χ3v) is 3.84. The van der Waals surface area contributed by atoms with Gasteiger partial charge in [0, 0.05) is 38.4 Å². The van der Waals surface area contributed by atoms with Gasteiger partial charge < -0.3 is 20.3 Å². The molecule has 1 fully saturated rings. The van der Waals surface area contributed by atoms with E-state index in [4.69, 9.17) is 0 Å².